The highest BCUT2D eigenvalue weighted by molar-refractivity contribution is 7.80. The smallest absolute Gasteiger partial charge is 0.124 e. The summed E-state index contributed by atoms with van der Waals surface area (Å²) in [5.74, 6) is 0.919. The molecule has 2 rings (SSSR count). The summed E-state index contributed by atoms with van der Waals surface area (Å²) in [5, 5.41) is 0. The molecular formula is C13H15N3OS. The molecule has 0 radical (unpaired) electrons. The Morgan fingerprint density at radius 1 is 1.50 bits per heavy atom. The average molecular weight is 261 g/mol. The van der Waals surface area contributed by atoms with Crippen LogP contribution >= 0.6 is 12.2 Å². The molecule has 5 heteroatoms. The molecule has 0 bridgehead atoms. The fourth-order valence-electron chi connectivity index (χ4n) is 1.81. The molecule has 0 aliphatic rings. The van der Waals surface area contributed by atoms with Crippen LogP contribution in [0.3, 0.4) is 0 Å². The number of pyridine rings is 1. The van der Waals surface area contributed by atoms with E-state index < -0.39 is 0 Å². The van der Waals surface area contributed by atoms with E-state index in [2.05, 4.69) is 9.88 Å². The zero-order chi connectivity index (χ0) is 13.1. The lowest BCUT2D eigenvalue weighted by atomic mass is 10.2. The summed E-state index contributed by atoms with van der Waals surface area (Å²) in [6, 6.07) is 5.79. The maximum atomic E-state index is 5.68. The van der Waals surface area contributed by atoms with Gasteiger partial charge in [-0.15, -0.1) is 0 Å². The van der Waals surface area contributed by atoms with Crippen LogP contribution in [-0.4, -0.2) is 17.0 Å². The summed E-state index contributed by atoms with van der Waals surface area (Å²) in [4.78, 5) is 6.58. The first kappa shape index (κ1) is 12.6. The van der Waals surface area contributed by atoms with Gasteiger partial charge < -0.3 is 15.1 Å². The van der Waals surface area contributed by atoms with Gasteiger partial charge in [-0.3, -0.25) is 4.98 Å². The van der Waals surface area contributed by atoms with Crippen LogP contribution in [0.2, 0.25) is 0 Å². The Hall–Kier alpha value is -1.88. The van der Waals surface area contributed by atoms with E-state index in [0.29, 0.717) is 10.7 Å². The van der Waals surface area contributed by atoms with E-state index in [4.69, 9.17) is 22.4 Å². The molecule has 94 valence electrons. The lowest BCUT2D eigenvalue weighted by molar-refractivity contribution is 0.529. The Balaban J connectivity index is 2.26. The number of aryl methyl sites for hydroxylation is 1. The third-order valence-corrected chi connectivity index (χ3v) is 3.00. The number of hydrogen-bond donors (Lipinski definition) is 1. The van der Waals surface area contributed by atoms with Gasteiger partial charge in [-0.25, -0.2) is 0 Å². The average Bonchev–Trinajstić information content (AvgIpc) is 2.75. The maximum absolute atomic E-state index is 5.68. The summed E-state index contributed by atoms with van der Waals surface area (Å²) in [7, 11) is 1.98. The monoisotopic (exact) mass is 261 g/mol. The summed E-state index contributed by atoms with van der Waals surface area (Å²) in [6.07, 6.45) is 3.38. The number of rotatable bonds is 4. The van der Waals surface area contributed by atoms with E-state index in [1.807, 2.05) is 32.2 Å². The minimum Gasteiger partial charge on any atom is -0.469 e. The first-order chi connectivity index (χ1) is 8.59. The van der Waals surface area contributed by atoms with Crippen molar-refractivity contribution in [1.82, 2.24) is 4.98 Å². The molecule has 0 amide bonds. The predicted octanol–water partition coefficient (Wildman–Crippen LogP) is 2.25. The lowest BCUT2D eigenvalue weighted by Gasteiger charge is -2.21. The summed E-state index contributed by atoms with van der Waals surface area (Å²) in [6.45, 7) is 2.67. The van der Waals surface area contributed by atoms with Crippen LogP contribution in [0.25, 0.3) is 0 Å². The molecule has 0 atom stereocenters. The molecule has 0 saturated carbocycles. The molecule has 2 N–H and O–H groups in total. The highest BCUT2D eigenvalue weighted by Crippen LogP contribution is 2.20. The van der Waals surface area contributed by atoms with Crippen LogP contribution in [0.1, 0.15) is 17.0 Å². The standard InChI is InChI=1S/C13H15N3OS/c1-9-10(5-7-17-9)8-16(2)11-4-3-6-15-12(11)13(14)18/h3-7H,8H2,1-2H3,(H2,14,18). The predicted molar refractivity (Wildman–Crippen MR) is 75.7 cm³/mol. The van der Waals surface area contributed by atoms with E-state index in [9.17, 15) is 0 Å². The summed E-state index contributed by atoms with van der Waals surface area (Å²) < 4.78 is 5.29. The molecular weight excluding hydrogens is 246 g/mol. The maximum Gasteiger partial charge on any atom is 0.124 e. The Morgan fingerprint density at radius 3 is 2.89 bits per heavy atom. The van der Waals surface area contributed by atoms with Gasteiger partial charge in [0.2, 0.25) is 0 Å². The van der Waals surface area contributed by atoms with Crippen molar-refractivity contribution in [2.75, 3.05) is 11.9 Å². The largest absolute Gasteiger partial charge is 0.469 e. The highest BCUT2D eigenvalue weighted by Gasteiger charge is 2.12. The van der Waals surface area contributed by atoms with Crippen LogP contribution in [0.4, 0.5) is 5.69 Å². The summed E-state index contributed by atoms with van der Waals surface area (Å²) >= 11 is 5.01. The molecule has 0 aliphatic carbocycles. The molecule has 2 aromatic heterocycles. The van der Waals surface area contributed by atoms with Gasteiger partial charge in [0.15, 0.2) is 0 Å². The van der Waals surface area contributed by atoms with Crippen LogP contribution in [0.15, 0.2) is 35.1 Å². The van der Waals surface area contributed by atoms with Gasteiger partial charge in [0.05, 0.1) is 12.0 Å². The lowest BCUT2D eigenvalue weighted by Crippen LogP contribution is -2.22. The number of anilines is 1. The SMILES string of the molecule is Cc1occc1CN(C)c1cccnc1C(N)=S. The first-order valence-corrected chi connectivity index (χ1v) is 5.99. The summed E-state index contributed by atoms with van der Waals surface area (Å²) in [5.41, 5.74) is 8.38. The van der Waals surface area contributed by atoms with E-state index in [-0.39, 0.29) is 0 Å². The van der Waals surface area contributed by atoms with Gasteiger partial charge in [-0.2, -0.15) is 0 Å². The van der Waals surface area contributed by atoms with Crippen LogP contribution in [0, 0.1) is 6.92 Å². The molecule has 0 aliphatic heterocycles. The third-order valence-electron chi connectivity index (χ3n) is 2.80. The van der Waals surface area contributed by atoms with Crippen LogP contribution in [-0.2, 0) is 6.54 Å². The second kappa shape index (κ2) is 5.18. The first-order valence-electron chi connectivity index (χ1n) is 5.58. The van der Waals surface area contributed by atoms with E-state index in [0.717, 1.165) is 23.6 Å². The van der Waals surface area contributed by atoms with Gasteiger partial charge >= 0.3 is 0 Å². The van der Waals surface area contributed by atoms with Crippen molar-refractivity contribution in [3.63, 3.8) is 0 Å². The Morgan fingerprint density at radius 2 is 2.28 bits per heavy atom. The zero-order valence-corrected chi connectivity index (χ0v) is 11.2. The minimum atomic E-state index is 0.307. The van der Waals surface area contributed by atoms with Crippen molar-refractivity contribution in [1.29, 1.82) is 0 Å². The van der Waals surface area contributed by atoms with Crippen LogP contribution < -0.4 is 10.6 Å². The fraction of sp³-hybridized carbons (Fsp3) is 0.231. The van der Waals surface area contributed by atoms with E-state index >= 15 is 0 Å². The molecule has 2 aromatic rings. The fourth-order valence-corrected chi connectivity index (χ4v) is 1.97. The van der Waals surface area contributed by atoms with Crippen molar-refractivity contribution < 1.29 is 4.42 Å². The molecule has 0 aromatic carbocycles. The zero-order valence-electron chi connectivity index (χ0n) is 10.4. The second-order valence-electron chi connectivity index (χ2n) is 4.09. The number of nitrogens with zero attached hydrogens (tertiary/aromatic N) is 2. The molecule has 2 heterocycles. The van der Waals surface area contributed by atoms with Crippen LogP contribution in [0.5, 0.6) is 0 Å². The van der Waals surface area contributed by atoms with E-state index in [1.165, 1.54) is 0 Å². The van der Waals surface area contributed by atoms with Gasteiger partial charge in [0.1, 0.15) is 16.4 Å². The highest BCUT2D eigenvalue weighted by atomic mass is 32.1. The molecule has 0 saturated heterocycles. The minimum absolute atomic E-state index is 0.307. The van der Waals surface area contributed by atoms with Gasteiger partial charge in [-0.1, -0.05) is 12.2 Å². The van der Waals surface area contributed by atoms with Crippen molar-refractivity contribution >= 4 is 22.9 Å². The number of aromatic nitrogens is 1. The molecule has 0 spiro atoms. The second-order valence-corrected chi connectivity index (χ2v) is 4.53. The molecule has 0 fully saturated rings. The Labute approximate surface area is 111 Å². The third kappa shape index (κ3) is 2.51. The number of thiocarbonyl (C=S) groups is 1. The quantitative estimate of drug-likeness (QED) is 0.855. The van der Waals surface area contributed by atoms with Crippen molar-refractivity contribution in [3.8, 4) is 0 Å². The van der Waals surface area contributed by atoms with Crippen molar-refractivity contribution in [2.24, 2.45) is 5.73 Å². The van der Waals surface area contributed by atoms with Gasteiger partial charge in [0.25, 0.3) is 0 Å². The van der Waals surface area contributed by atoms with Crippen molar-refractivity contribution in [3.05, 3.63) is 47.7 Å². The van der Waals surface area contributed by atoms with Gasteiger partial charge in [-0.05, 0) is 25.1 Å². The topological polar surface area (TPSA) is 55.3 Å². The van der Waals surface area contributed by atoms with E-state index in [1.54, 1.807) is 12.5 Å². The Kier molecular flexibility index (Phi) is 3.62. The number of furan rings is 1. The Bertz CT molecular complexity index is 565. The molecule has 0 unspecified atom stereocenters. The van der Waals surface area contributed by atoms with Crippen molar-refractivity contribution in [2.45, 2.75) is 13.5 Å². The molecule has 4 nitrogen and oxygen atoms in total. The number of nitrogens with two attached hydrogens (primary N) is 1. The normalized spacial score (nSPS) is 10.3. The van der Waals surface area contributed by atoms with Gasteiger partial charge in [0, 0.05) is 25.4 Å². The number of hydrogen-bond acceptors (Lipinski definition) is 4. The molecule has 18 heavy (non-hydrogen) atoms.